The Bertz CT molecular complexity index is 553. The number of para-hydroxylation sites is 2. The van der Waals surface area contributed by atoms with Crippen LogP contribution in [0.2, 0.25) is 0 Å². The van der Waals surface area contributed by atoms with Crippen molar-refractivity contribution in [1.29, 1.82) is 0 Å². The topological polar surface area (TPSA) is 46.6 Å². The van der Waals surface area contributed by atoms with Crippen LogP contribution >= 0.6 is 11.8 Å². The van der Waals surface area contributed by atoms with Crippen LogP contribution in [0, 0.1) is 5.92 Å². The molecule has 1 saturated heterocycles. The number of hydrogen-bond donors (Lipinski definition) is 0. The minimum atomic E-state index is -2.57. The lowest BCUT2D eigenvalue weighted by Gasteiger charge is -2.20. The molecule has 1 aliphatic rings. The highest BCUT2D eigenvalue weighted by Gasteiger charge is 2.32. The lowest BCUT2D eigenvalue weighted by atomic mass is 10.1. The number of amides is 1. The quantitative estimate of drug-likeness (QED) is 0.805. The molecule has 0 aromatic heterocycles. The van der Waals surface area contributed by atoms with E-state index in [-0.39, 0.29) is 22.7 Å². The third-order valence-corrected chi connectivity index (χ3v) is 4.29. The van der Waals surface area contributed by atoms with Crippen LogP contribution in [0.25, 0.3) is 0 Å². The van der Waals surface area contributed by atoms with Crippen molar-refractivity contribution in [2.24, 2.45) is 5.92 Å². The van der Waals surface area contributed by atoms with E-state index in [1.807, 2.05) is 0 Å². The fourth-order valence-electron chi connectivity index (χ4n) is 2.32. The van der Waals surface area contributed by atoms with E-state index < -0.39 is 13.0 Å². The Kier molecular flexibility index (Phi) is 5.76. The lowest BCUT2D eigenvalue weighted by molar-refractivity contribution is -0.117. The molecular weight excluding hydrogens is 312 g/mol. The van der Waals surface area contributed by atoms with Crippen molar-refractivity contribution in [3.8, 4) is 5.75 Å². The fourth-order valence-corrected chi connectivity index (χ4v) is 3.01. The van der Waals surface area contributed by atoms with Crippen LogP contribution in [0.1, 0.15) is 13.3 Å². The summed E-state index contributed by atoms with van der Waals surface area (Å²) in [4.78, 5) is 24.7. The van der Waals surface area contributed by atoms with Gasteiger partial charge in [-0.05, 0) is 18.1 Å². The number of carbonyl (C=O) groups excluding carboxylic acids is 2. The molecule has 0 spiro atoms. The number of carbonyl (C=O) groups is 2. The van der Waals surface area contributed by atoms with E-state index in [4.69, 9.17) is 4.74 Å². The second-order valence-electron chi connectivity index (χ2n) is 5.05. The first kappa shape index (κ1) is 16.7. The highest BCUT2D eigenvalue weighted by atomic mass is 32.2. The average molecular weight is 329 g/mol. The van der Waals surface area contributed by atoms with Crippen molar-refractivity contribution < 1.29 is 23.1 Å². The fraction of sp³-hybridized carbons (Fsp3) is 0.467. The molecule has 0 radical (unpaired) electrons. The molecule has 1 fully saturated rings. The van der Waals surface area contributed by atoms with E-state index in [1.165, 1.54) is 18.7 Å². The van der Waals surface area contributed by atoms with Crippen molar-refractivity contribution >= 4 is 28.5 Å². The van der Waals surface area contributed by atoms with Crippen molar-refractivity contribution in [3.63, 3.8) is 0 Å². The highest BCUT2D eigenvalue weighted by molar-refractivity contribution is 8.13. The largest absolute Gasteiger partial charge is 0.485 e. The van der Waals surface area contributed by atoms with Gasteiger partial charge in [-0.3, -0.25) is 9.59 Å². The normalized spacial score (nSPS) is 18.1. The van der Waals surface area contributed by atoms with Gasteiger partial charge in [-0.15, -0.1) is 0 Å². The number of halogens is 2. The Balaban J connectivity index is 2.07. The predicted molar refractivity (Wildman–Crippen MR) is 81.5 cm³/mol. The molecule has 120 valence electrons. The standard InChI is InChI=1S/C15H17F2NO3S/c1-10(19)22-9-11-6-15(20)18(7-11)12-4-2-3-5-13(12)21-8-14(16)17/h2-5,11,14H,6-9H2,1H3. The Morgan fingerprint density at radius 1 is 1.45 bits per heavy atom. The van der Waals surface area contributed by atoms with Gasteiger partial charge in [-0.2, -0.15) is 0 Å². The van der Waals surface area contributed by atoms with Gasteiger partial charge in [-0.1, -0.05) is 23.9 Å². The molecule has 2 rings (SSSR count). The number of alkyl halides is 2. The second kappa shape index (κ2) is 7.58. The van der Waals surface area contributed by atoms with Crippen LogP contribution in [0.15, 0.2) is 24.3 Å². The minimum Gasteiger partial charge on any atom is -0.485 e. The second-order valence-corrected chi connectivity index (χ2v) is 6.24. The zero-order chi connectivity index (χ0) is 16.1. The number of benzene rings is 1. The summed E-state index contributed by atoms with van der Waals surface area (Å²) in [5.41, 5.74) is 0.503. The predicted octanol–water partition coefficient (Wildman–Crippen LogP) is 2.96. The SMILES string of the molecule is CC(=O)SCC1CC(=O)N(c2ccccc2OCC(F)F)C1. The van der Waals surface area contributed by atoms with E-state index in [1.54, 1.807) is 29.2 Å². The average Bonchev–Trinajstić information content (AvgIpc) is 2.84. The molecule has 0 N–H and O–H groups in total. The number of ether oxygens (including phenoxy) is 1. The maximum atomic E-state index is 12.3. The Morgan fingerprint density at radius 2 is 2.18 bits per heavy atom. The molecular formula is C15H17F2NO3S. The molecule has 0 bridgehead atoms. The highest BCUT2D eigenvalue weighted by Crippen LogP contribution is 2.34. The van der Waals surface area contributed by atoms with Crippen LogP contribution in [0.5, 0.6) is 5.75 Å². The summed E-state index contributed by atoms with van der Waals surface area (Å²) >= 11 is 1.20. The van der Waals surface area contributed by atoms with Gasteiger partial charge in [0, 0.05) is 25.6 Å². The molecule has 0 saturated carbocycles. The molecule has 1 unspecified atom stereocenters. The molecule has 1 aliphatic heterocycles. The molecule has 1 atom stereocenters. The van der Waals surface area contributed by atoms with E-state index in [9.17, 15) is 18.4 Å². The molecule has 0 aliphatic carbocycles. The molecule has 1 amide bonds. The van der Waals surface area contributed by atoms with Gasteiger partial charge in [0.15, 0.2) is 5.12 Å². The van der Waals surface area contributed by atoms with E-state index in [0.717, 1.165) is 0 Å². The monoisotopic (exact) mass is 329 g/mol. The van der Waals surface area contributed by atoms with Crippen LogP contribution in [0.4, 0.5) is 14.5 Å². The van der Waals surface area contributed by atoms with E-state index in [2.05, 4.69) is 0 Å². The molecule has 1 heterocycles. The van der Waals surface area contributed by atoms with Crippen LogP contribution in [-0.4, -0.2) is 36.4 Å². The third kappa shape index (κ3) is 4.43. The van der Waals surface area contributed by atoms with Crippen LogP contribution in [-0.2, 0) is 9.59 Å². The number of rotatable bonds is 6. The summed E-state index contributed by atoms with van der Waals surface area (Å²) in [7, 11) is 0. The Labute approximate surface area is 131 Å². The van der Waals surface area contributed by atoms with Crippen molar-refractivity contribution in [2.75, 3.05) is 23.8 Å². The smallest absolute Gasteiger partial charge is 0.272 e. The summed E-state index contributed by atoms with van der Waals surface area (Å²) < 4.78 is 29.7. The summed E-state index contributed by atoms with van der Waals surface area (Å²) in [6, 6.07) is 6.66. The summed E-state index contributed by atoms with van der Waals surface area (Å²) in [5, 5.41) is 0.0200. The number of hydrogen-bond acceptors (Lipinski definition) is 4. The van der Waals surface area contributed by atoms with E-state index in [0.29, 0.717) is 24.4 Å². The van der Waals surface area contributed by atoms with Crippen molar-refractivity contribution in [3.05, 3.63) is 24.3 Å². The van der Waals surface area contributed by atoms with Crippen LogP contribution < -0.4 is 9.64 Å². The van der Waals surface area contributed by atoms with Crippen molar-refractivity contribution in [1.82, 2.24) is 0 Å². The number of thioether (sulfide) groups is 1. The zero-order valence-corrected chi connectivity index (χ0v) is 12.9. The summed E-state index contributed by atoms with van der Waals surface area (Å²) in [6.45, 7) is 1.25. The molecule has 1 aromatic carbocycles. The third-order valence-electron chi connectivity index (χ3n) is 3.25. The Morgan fingerprint density at radius 3 is 2.86 bits per heavy atom. The molecule has 22 heavy (non-hydrogen) atoms. The van der Waals surface area contributed by atoms with Gasteiger partial charge in [-0.25, -0.2) is 8.78 Å². The van der Waals surface area contributed by atoms with Gasteiger partial charge in [0.25, 0.3) is 6.43 Å². The van der Waals surface area contributed by atoms with Gasteiger partial charge in [0.1, 0.15) is 12.4 Å². The van der Waals surface area contributed by atoms with Gasteiger partial charge >= 0.3 is 0 Å². The number of anilines is 1. The molecule has 4 nitrogen and oxygen atoms in total. The lowest BCUT2D eigenvalue weighted by Crippen LogP contribution is -2.25. The van der Waals surface area contributed by atoms with Crippen LogP contribution in [0.3, 0.4) is 0 Å². The van der Waals surface area contributed by atoms with E-state index >= 15 is 0 Å². The first-order valence-corrected chi connectivity index (χ1v) is 7.89. The zero-order valence-electron chi connectivity index (χ0n) is 12.1. The first-order valence-electron chi connectivity index (χ1n) is 6.91. The number of nitrogens with zero attached hydrogens (tertiary/aromatic N) is 1. The van der Waals surface area contributed by atoms with Gasteiger partial charge in [0.05, 0.1) is 5.69 Å². The Hall–Kier alpha value is -1.63. The molecule has 7 heteroatoms. The summed E-state index contributed by atoms with van der Waals surface area (Å²) in [6.07, 6.45) is -2.22. The minimum absolute atomic E-state index is 0.0200. The molecule has 1 aromatic rings. The maximum absolute atomic E-state index is 12.3. The van der Waals surface area contributed by atoms with Crippen molar-refractivity contribution in [2.45, 2.75) is 19.8 Å². The first-order chi connectivity index (χ1) is 10.5. The van der Waals surface area contributed by atoms with Gasteiger partial charge < -0.3 is 9.64 Å². The maximum Gasteiger partial charge on any atom is 0.272 e. The van der Waals surface area contributed by atoms with Gasteiger partial charge in [0.2, 0.25) is 5.91 Å². The summed E-state index contributed by atoms with van der Waals surface area (Å²) in [5.74, 6) is 0.847.